The SMILES string of the molecule is COc1nc(N)nc2c1ncn2C1OC(COP(=O)(N[C@@H](C)C(O)OCC(C)(C)C)Oc2cccc3ccccc23)C(O)C1(C)O. The summed E-state index contributed by atoms with van der Waals surface area (Å²) in [5.74, 6) is 0.296. The van der Waals surface area contributed by atoms with Crippen LogP contribution in [0.25, 0.3) is 21.9 Å². The second-order valence-corrected chi connectivity index (χ2v) is 14.3. The summed E-state index contributed by atoms with van der Waals surface area (Å²) in [6.45, 7) is 8.57. The van der Waals surface area contributed by atoms with Crippen molar-refractivity contribution in [1.29, 1.82) is 0 Å². The van der Waals surface area contributed by atoms with Crippen LogP contribution in [0.5, 0.6) is 11.6 Å². The minimum atomic E-state index is -4.31. The van der Waals surface area contributed by atoms with E-state index in [0.29, 0.717) is 5.39 Å². The molecule has 0 spiro atoms. The molecule has 2 aromatic carbocycles. The van der Waals surface area contributed by atoms with Crippen LogP contribution in [0.2, 0.25) is 0 Å². The van der Waals surface area contributed by atoms with Crippen LogP contribution in [-0.4, -0.2) is 85.3 Å². The first-order valence-electron chi connectivity index (χ1n) is 14.7. The minimum absolute atomic E-state index is 0.0930. The normalized spacial score (nSPS) is 24.6. The molecular formula is C30H41N6O9P. The number of hydrogen-bond acceptors (Lipinski definition) is 13. The first kappa shape index (κ1) is 33.9. The number of methoxy groups -OCH3 is 1. The van der Waals surface area contributed by atoms with Gasteiger partial charge < -0.3 is 39.8 Å². The number of imidazole rings is 1. The molecule has 15 nitrogen and oxygen atoms in total. The zero-order chi connectivity index (χ0) is 33.4. The Balaban J connectivity index is 1.40. The van der Waals surface area contributed by atoms with E-state index >= 15 is 0 Å². The predicted molar refractivity (Wildman–Crippen MR) is 169 cm³/mol. The van der Waals surface area contributed by atoms with Crippen molar-refractivity contribution in [2.45, 2.75) is 71.0 Å². The average molecular weight is 661 g/mol. The molecule has 3 heterocycles. The van der Waals surface area contributed by atoms with Crippen LogP contribution in [0, 0.1) is 5.41 Å². The Labute approximate surface area is 266 Å². The van der Waals surface area contributed by atoms with Crippen LogP contribution in [0.15, 0.2) is 48.8 Å². The molecule has 46 heavy (non-hydrogen) atoms. The number of hydrogen-bond donors (Lipinski definition) is 5. The molecule has 6 N–H and O–H groups in total. The van der Waals surface area contributed by atoms with Crippen molar-refractivity contribution in [3.63, 3.8) is 0 Å². The smallest absolute Gasteiger partial charge is 0.459 e. The molecular weight excluding hydrogens is 619 g/mol. The maximum Gasteiger partial charge on any atom is 0.459 e. The monoisotopic (exact) mass is 660 g/mol. The van der Waals surface area contributed by atoms with E-state index in [-0.39, 0.29) is 40.8 Å². The van der Waals surface area contributed by atoms with Crippen LogP contribution in [0.4, 0.5) is 5.95 Å². The number of aliphatic hydroxyl groups excluding tert-OH is 2. The molecule has 7 atom stereocenters. The number of nitrogens with zero attached hydrogens (tertiary/aromatic N) is 4. The van der Waals surface area contributed by atoms with E-state index in [2.05, 4.69) is 20.0 Å². The molecule has 1 aliphatic rings. The van der Waals surface area contributed by atoms with E-state index in [4.69, 9.17) is 29.0 Å². The molecule has 6 unspecified atom stereocenters. The number of nitrogens with one attached hydrogen (secondary N) is 1. The van der Waals surface area contributed by atoms with Crippen molar-refractivity contribution in [1.82, 2.24) is 24.6 Å². The molecule has 5 rings (SSSR count). The van der Waals surface area contributed by atoms with Gasteiger partial charge in [0.2, 0.25) is 11.8 Å². The van der Waals surface area contributed by atoms with Gasteiger partial charge in [-0.2, -0.15) is 9.97 Å². The Hall–Kier alpha value is -3.40. The molecule has 2 aromatic heterocycles. The number of nitrogen functional groups attached to an aromatic ring is 1. The van der Waals surface area contributed by atoms with Crippen molar-refractivity contribution < 1.29 is 43.1 Å². The van der Waals surface area contributed by atoms with Crippen LogP contribution >= 0.6 is 7.75 Å². The van der Waals surface area contributed by atoms with Crippen LogP contribution in [-0.2, 0) is 18.6 Å². The van der Waals surface area contributed by atoms with Gasteiger partial charge in [-0.05, 0) is 30.7 Å². The van der Waals surface area contributed by atoms with E-state index < -0.39 is 50.7 Å². The standard InChI is InChI=1S/C30H41N6O9P/c1-17(26(38)42-15-29(2,3)4)35-46(40,45-20-13-9-11-18-10-7-8-12-19(18)20)43-14-21-23(37)30(5,39)27(44-21)36-16-32-22-24(36)33-28(31)34-25(22)41-6/h7-13,16-17,21,23,26-27,37-39H,14-15H2,1-6H3,(H,35,40)(H2,31,33,34)/t17-,21?,23?,26?,27?,30?,46?/m0/s1. The third-order valence-corrected chi connectivity index (χ3v) is 9.11. The Bertz CT molecular complexity index is 1720. The Kier molecular flexibility index (Phi) is 9.60. The molecule has 1 saturated heterocycles. The Morgan fingerprint density at radius 3 is 2.63 bits per heavy atom. The summed E-state index contributed by atoms with van der Waals surface area (Å²) in [4.78, 5) is 12.5. The summed E-state index contributed by atoms with van der Waals surface area (Å²) < 4.78 is 44.6. The largest absolute Gasteiger partial charge is 0.479 e. The summed E-state index contributed by atoms with van der Waals surface area (Å²) in [5.41, 5.74) is 4.21. The molecule has 250 valence electrons. The van der Waals surface area contributed by atoms with Gasteiger partial charge in [0, 0.05) is 5.39 Å². The van der Waals surface area contributed by atoms with Gasteiger partial charge in [-0.25, -0.2) is 14.6 Å². The van der Waals surface area contributed by atoms with Crippen molar-refractivity contribution >= 4 is 35.6 Å². The van der Waals surface area contributed by atoms with Gasteiger partial charge in [-0.3, -0.25) is 9.09 Å². The number of aromatic nitrogens is 4. The minimum Gasteiger partial charge on any atom is -0.479 e. The number of anilines is 1. The van der Waals surface area contributed by atoms with Crippen molar-refractivity contribution in [3.8, 4) is 11.6 Å². The second kappa shape index (κ2) is 13.0. The fourth-order valence-electron chi connectivity index (χ4n) is 5.06. The van der Waals surface area contributed by atoms with Gasteiger partial charge in [0.25, 0.3) is 0 Å². The van der Waals surface area contributed by atoms with E-state index in [1.54, 1.807) is 19.1 Å². The lowest BCUT2D eigenvalue weighted by Crippen LogP contribution is -2.44. The van der Waals surface area contributed by atoms with Gasteiger partial charge in [0.15, 0.2) is 23.7 Å². The summed E-state index contributed by atoms with van der Waals surface area (Å²) in [6, 6.07) is 11.7. The molecule has 0 bridgehead atoms. The summed E-state index contributed by atoms with van der Waals surface area (Å²) in [7, 11) is -2.91. The fraction of sp³-hybridized carbons (Fsp3) is 0.500. The van der Waals surface area contributed by atoms with Crippen molar-refractivity contribution in [3.05, 3.63) is 48.8 Å². The molecule has 1 aliphatic heterocycles. The lowest BCUT2D eigenvalue weighted by molar-refractivity contribution is -0.131. The second-order valence-electron chi connectivity index (χ2n) is 12.7. The van der Waals surface area contributed by atoms with Crippen LogP contribution < -0.4 is 20.1 Å². The first-order valence-corrected chi connectivity index (χ1v) is 16.3. The lowest BCUT2D eigenvalue weighted by Gasteiger charge is -2.29. The van der Waals surface area contributed by atoms with Gasteiger partial charge in [0.05, 0.1) is 32.7 Å². The van der Waals surface area contributed by atoms with Crippen molar-refractivity contribution in [2.24, 2.45) is 5.41 Å². The number of nitrogens with two attached hydrogens (primary N) is 1. The highest BCUT2D eigenvalue weighted by Crippen LogP contribution is 2.49. The topological polar surface area (TPSA) is 206 Å². The first-order chi connectivity index (χ1) is 21.6. The highest BCUT2D eigenvalue weighted by atomic mass is 31.2. The number of fused-ring (bicyclic) bond motifs is 2. The van der Waals surface area contributed by atoms with Gasteiger partial charge >= 0.3 is 7.75 Å². The molecule has 0 radical (unpaired) electrons. The summed E-state index contributed by atoms with van der Waals surface area (Å²) >= 11 is 0. The molecule has 0 saturated carbocycles. The number of benzene rings is 2. The lowest BCUT2D eigenvalue weighted by atomic mass is 9.96. The summed E-state index contributed by atoms with van der Waals surface area (Å²) in [6.07, 6.45) is -3.92. The fourth-order valence-corrected chi connectivity index (χ4v) is 6.63. The third-order valence-electron chi connectivity index (χ3n) is 7.46. The van der Waals surface area contributed by atoms with E-state index in [1.807, 2.05) is 51.1 Å². The number of rotatable bonds is 12. The highest BCUT2D eigenvalue weighted by molar-refractivity contribution is 7.52. The Morgan fingerprint density at radius 1 is 1.20 bits per heavy atom. The van der Waals surface area contributed by atoms with Crippen molar-refractivity contribution in [2.75, 3.05) is 26.1 Å². The van der Waals surface area contributed by atoms with Crippen LogP contribution in [0.1, 0.15) is 40.8 Å². The quantitative estimate of drug-likeness (QED) is 0.109. The van der Waals surface area contributed by atoms with Gasteiger partial charge in [0.1, 0.15) is 23.6 Å². The maximum absolute atomic E-state index is 14.4. The molecule has 16 heteroatoms. The van der Waals surface area contributed by atoms with E-state index in [0.717, 1.165) is 5.39 Å². The number of ether oxygens (including phenoxy) is 3. The molecule has 1 fully saturated rings. The van der Waals surface area contributed by atoms with Gasteiger partial charge in [-0.15, -0.1) is 0 Å². The molecule has 4 aromatic rings. The highest BCUT2D eigenvalue weighted by Gasteiger charge is 2.54. The van der Waals surface area contributed by atoms with Gasteiger partial charge in [-0.1, -0.05) is 57.2 Å². The van der Waals surface area contributed by atoms with Crippen LogP contribution in [0.3, 0.4) is 0 Å². The van der Waals surface area contributed by atoms with E-state index in [1.165, 1.54) is 24.9 Å². The zero-order valence-electron chi connectivity index (χ0n) is 26.5. The number of aliphatic hydroxyl groups is 3. The molecule has 0 amide bonds. The predicted octanol–water partition coefficient (Wildman–Crippen LogP) is 3.14. The molecule has 0 aliphatic carbocycles. The van der Waals surface area contributed by atoms with E-state index in [9.17, 15) is 19.9 Å². The third kappa shape index (κ3) is 7.11. The summed E-state index contributed by atoms with van der Waals surface area (Å²) in [5, 5.41) is 37.6. The average Bonchev–Trinajstić information content (AvgIpc) is 3.51. The Morgan fingerprint density at radius 2 is 1.91 bits per heavy atom. The maximum atomic E-state index is 14.4. The zero-order valence-corrected chi connectivity index (χ0v) is 27.4.